The van der Waals surface area contributed by atoms with Gasteiger partial charge in [0.05, 0.1) is 18.4 Å². The Morgan fingerprint density at radius 2 is 2.05 bits per heavy atom. The predicted octanol–water partition coefficient (Wildman–Crippen LogP) is 2.65. The number of nitrogens with zero attached hydrogens (tertiary/aromatic N) is 3. The van der Waals surface area contributed by atoms with Crippen LogP contribution >= 0.6 is 0 Å². The van der Waals surface area contributed by atoms with Crippen LogP contribution in [0.1, 0.15) is 30.7 Å². The lowest BCUT2D eigenvalue weighted by Gasteiger charge is -2.07. The van der Waals surface area contributed by atoms with Crippen LogP contribution in [0.2, 0.25) is 0 Å². The number of nitrogens with one attached hydrogen (secondary N) is 2. The Hall–Kier alpha value is -2.18. The first kappa shape index (κ1) is 14.2. The second-order valence-electron chi connectivity index (χ2n) is 4.42. The Morgan fingerprint density at radius 3 is 2.70 bits per heavy atom. The monoisotopic (exact) mass is 279 g/mol. The van der Waals surface area contributed by atoms with Crippen LogP contribution in [0, 0.1) is 19.7 Å². The van der Waals surface area contributed by atoms with E-state index in [0.717, 1.165) is 30.6 Å². The molecule has 2 aromatic heterocycles. The Labute approximate surface area is 116 Å². The maximum Gasteiger partial charge on any atom is 0.224 e. The fourth-order valence-corrected chi connectivity index (χ4v) is 1.59. The molecule has 0 spiro atoms. The number of hydrogen-bond acceptors (Lipinski definition) is 6. The minimum absolute atomic E-state index is 0.132. The number of aromatic nitrogens is 3. The minimum Gasteiger partial charge on any atom is -0.444 e. The highest BCUT2D eigenvalue weighted by Crippen LogP contribution is 2.14. The number of rotatable bonds is 6. The van der Waals surface area contributed by atoms with E-state index in [0.29, 0.717) is 11.8 Å². The van der Waals surface area contributed by atoms with Crippen molar-refractivity contribution in [2.45, 2.75) is 33.7 Å². The van der Waals surface area contributed by atoms with E-state index in [1.165, 1.54) is 0 Å². The molecule has 2 heterocycles. The molecular weight excluding hydrogens is 261 g/mol. The van der Waals surface area contributed by atoms with Gasteiger partial charge in [-0.2, -0.15) is 4.98 Å². The summed E-state index contributed by atoms with van der Waals surface area (Å²) in [5.74, 6) is 1.28. The first-order valence-electron chi connectivity index (χ1n) is 6.53. The highest BCUT2D eigenvalue weighted by atomic mass is 19.1. The average molecular weight is 279 g/mol. The summed E-state index contributed by atoms with van der Waals surface area (Å²) < 4.78 is 19.0. The lowest BCUT2D eigenvalue weighted by atomic mass is 10.4. The number of aryl methyl sites for hydroxylation is 2. The summed E-state index contributed by atoms with van der Waals surface area (Å²) in [6, 6.07) is 0. The highest BCUT2D eigenvalue weighted by Gasteiger charge is 2.09. The van der Waals surface area contributed by atoms with Gasteiger partial charge in [0.15, 0.2) is 11.6 Å². The van der Waals surface area contributed by atoms with Gasteiger partial charge in [0.1, 0.15) is 5.76 Å². The van der Waals surface area contributed by atoms with E-state index in [2.05, 4.69) is 25.6 Å². The Balaban J connectivity index is 2.04. The van der Waals surface area contributed by atoms with Gasteiger partial charge in [0.25, 0.3) is 0 Å². The molecule has 0 unspecified atom stereocenters. The van der Waals surface area contributed by atoms with E-state index < -0.39 is 5.82 Å². The Bertz CT molecular complexity index is 565. The molecule has 2 N–H and O–H groups in total. The summed E-state index contributed by atoms with van der Waals surface area (Å²) in [5, 5.41) is 5.87. The Morgan fingerprint density at radius 1 is 1.25 bits per heavy atom. The molecule has 2 rings (SSSR count). The van der Waals surface area contributed by atoms with Crippen molar-refractivity contribution < 1.29 is 8.81 Å². The molecule has 0 aliphatic rings. The van der Waals surface area contributed by atoms with E-state index in [4.69, 9.17) is 4.42 Å². The molecule has 2 aromatic rings. The van der Waals surface area contributed by atoms with E-state index in [1.54, 1.807) is 0 Å². The van der Waals surface area contributed by atoms with Crippen molar-refractivity contribution in [3.63, 3.8) is 0 Å². The standard InChI is InChI=1S/C13H18FN5O/c1-4-5-15-13-17-6-10(14)12(19-13)16-7-11-18-8(2)9(3)20-11/h6H,4-5,7H2,1-3H3,(H2,15,16,17,19). The molecule has 108 valence electrons. The smallest absolute Gasteiger partial charge is 0.224 e. The third-order valence-electron chi connectivity index (χ3n) is 2.76. The molecule has 0 saturated carbocycles. The van der Waals surface area contributed by atoms with Crippen molar-refractivity contribution >= 4 is 11.8 Å². The van der Waals surface area contributed by atoms with Crippen molar-refractivity contribution in [2.24, 2.45) is 0 Å². The molecule has 0 fully saturated rings. The predicted molar refractivity (Wildman–Crippen MR) is 74.1 cm³/mol. The zero-order chi connectivity index (χ0) is 14.5. The van der Waals surface area contributed by atoms with Crippen molar-refractivity contribution in [3.8, 4) is 0 Å². The normalized spacial score (nSPS) is 10.6. The van der Waals surface area contributed by atoms with Crippen molar-refractivity contribution in [3.05, 3.63) is 29.4 Å². The number of halogens is 1. The summed E-state index contributed by atoms with van der Waals surface area (Å²) in [6.45, 7) is 6.74. The second kappa shape index (κ2) is 6.31. The van der Waals surface area contributed by atoms with Crippen LogP contribution in [-0.4, -0.2) is 21.5 Å². The summed E-state index contributed by atoms with van der Waals surface area (Å²) in [6.07, 6.45) is 2.08. The molecule has 0 aliphatic carbocycles. The van der Waals surface area contributed by atoms with Crippen LogP contribution in [-0.2, 0) is 6.54 Å². The van der Waals surface area contributed by atoms with Crippen molar-refractivity contribution in [1.29, 1.82) is 0 Å². The lowest BCUT2D eigenvalue weighted by Crippen LogP contribution is -2.09. The van der Waals surface area contributed by atoms with E-state index in [-0.39, 0.29) is 12.4 Å². The van der Waals surface area contributed by atoms with E-state index >= 15 is 0 Å². The number of oxazole rings is 1. The van der Waals surface area contributed by atoms with Crippen molar-refractivity contribution in [1.82, 2.24) is 15.0 Å². The van der Waals surface area contributed by atoms with Gasteiger partial charge in [-0.3, -0.25) is 0 Å². The third kappa shape index (κ3) is 3.43. The maximum absolute atomic E-state index is 13.6. The topological polar surface area (TPSA) is 75.9 Å². The molecule has 0 aromatic carbocycles. The molecule has 0 bridgehead atoms. The van der Waals surface area contributed by atoms with Gasteiger partial charge >= 0.3 is 0 Å². The van der Waals surface area contributed by atoms with E-state index in [9.17, 15) is 4.39 Å². The molecule has 0 radical (unpaired) electrons. The minimum atomic E-state index is -0.507. The number of hydrogen-bond donors (Lipinski definition) is 2. The largest absolute Gasteiger partial charge is 0.444 e. The summed E-state index contributed by atoms with van der Waals surface area (Å²) >= 11 is 0. The third-order valence-corrected chi connectivity index (χ3v) is 2.76. The first-order valence-corrected chi connectivity index (χ1v) is 6.53. The molecule has 0 atom stereocenters. The molecule has 20 heavy (non-hydrogen) atoms. The van der Waals surface area contributed by atoms with Crippen LogP contribution < -0.4 is 10.6 Å². The zero-order valence-electron chi connectivity index (χ0n) is 11.8. The van der Waals surface area contributed by atoms with Crippen molar-refractivity contribution in [2.75, 3.05) is 17.2 Å². The highest BCUT2D eigenvalue weighted by molar-refractivity contribution is 5.41. The van der Waals surface area contributed by atoms with Gasteiger partial charge in [0, 0.05) is 6.54 Å². The van der Waals surface area contributed by atoms with Crippen LogP contribution in [0.5, 0.6) is 0 Å². The van der Waals surface area contributed by atoms with Gasteiger partial charge in [-0.25, -0.2) is 14.4 Å². The summed E-state index contributed by atoms with van der Waals surface area (Å²) in [5.41, 5.74) is 0.829. The van der Waals surface area contributed by atoms with Gasteiger partial charge in [0.2, 0.25) is 11.8 Å². The van der Waals surface area contributed by atoms with Crippen LogP contribution in [0.4, 0.5) is 16.2 Å². The molecule has 0 saturated heterocycles. The quantitative estimate of drug-likeness (QED) is 0.846. The van der Waals surface area contributed by atoms with Gasteiger partial charge in [-0.05, 0) is 20.3 Å². The van der Waals surface area contributed by atoms with Crippen LogP contribution in [0.15, 0.2) is 10.6 Å². The summed E-state index contributed by atoms with van der Waals surface area (Å²) in [4.78, 5) is 12.2. The number of anilines is 2. The van der Waals surface area contributed by atoms with Crippen LogP contribution in [0.3, 0.4) is 0 Å². The fourth-order valence-electron chi connectivity index (χ4n) is 1.59. The second-order valence-corrected chi connectivity index (χ2v) is 4.42. The molecule has 6 nitrogen and oxygen atoms in total. The summed E-state index contributed by atoms with van der Waals surface area (Å²) in [7, 11) is 0. The molecular formula is C13H18FN5O. The molecule has 0 aliphatic heterocycles. The lowest BCUT2D eigenvalue weighted by molar-refractivity contribution is 0.477. The Kier molecular flexibility index (Phi) is 4.49. The zero-order valence-corrected chi connectivity index (χ0v) is 11.8. The SMILES string of the molecule is CCCNc1ncc(F)c(NCc2nc(C)c(C)o2)n1. The molecule has 0 amide bonds. The van der Waals surface area contributed by atoms with E-state index in [1.807, 2.05) is 20.8 Å². The maximum atomic E-state index is 13.6. The van der Waals surface area contributed by atoms with Gasteiger partial charge in [-0.15, -0.1) is 0 Å². The van der Waals surface area contributed by atoms with Gasteiger partial charge in [-0.1, -0.05) is 6.92 Å². The molecule has 7 heteroatoms. The average Bonchev–Trinajstić information content (AvgIpc) is 2.75. The van der Waals surface area contributed by atoms with Gasteiger partial charge < -0.3 is 15.1 Å². The fraction of sp³-hybridized carbons (Fsp3) is 0.462. The first-order chi connectivity index (χ1) is 9.60. The van der Waals surface area contributed by atoms with Crippen LogP contribution in [0.25, 0.3) is 0 Å².